The van der Waals surface area contributed by atoms with Crippen molar-refractivity contribution >= 4 is 17.7 Å². The van der Waals surface area contributed by atoms with Gasteiger partial charge in [-0.15, -0.1) is 0 Å². The van der Waals surface area contributed by atoms with Crippen LogP contribution in [0, 0.1) is 17.1 Å². The number of rotatable bonds is 5. The summed E-state index contributed by atoms with van der Waals surface area (Å²) >= 11 is 0. The molecule has 0 radical (unpaired) electrons. The van der Waals surface area contributed by atoms with E-state index in [0.717, 1.165) is 12.6 Å². The van der Waals surface area contributed by atoms with Crippen LogP contribution in [0.5, 0.6) is 0 Å². The standard InChI is InChI=1S/C14H17FN4O/c1-4-5-18-14(20)10(7-16)6-11-12(15)8-17-9-13(11)19(2)3/h6,8-9H,4-5H2,1-3H3,(H,18,20)/b10-6+. The summed E-state index contributed by atoms with van der Waals surface area (Å²) in [5.74, 6) is -1.08. The molecule has 1 aromatic heterocycles. The molecule has 20 heavy (non-hydrogen) atoms. The maximum atomic E-state index is 13.8. The fraction of sp³-hybridized carbons (Fsp3) is 0.357. The molecule has 0 unspecified atom stereocenters. The van der Waals surface area contributed by atoms with E-state index in [2.05, 4.69) is 10.3 Å². The zero-order valence-corrected chi connectivity index (χ0v) is 11.8. The summed E-state index contributed by atoms with van der Waals surface area (Å²) in [7, 11) is 3.47. The minimum absolute atomic E-state index is 0.133. The maximum Gasteiger partial charge on any atom is 0.261 e. The van der Waals surface area contributed by atoms with Gasteiger partial charge in [-0.2, -0.15) is 5.26 Å². The first-order valence-electron chi connectivity index (χ1n) is 6.22. The third-order valence-corrected chi connectivity index (χ3v) is 2.59. The number of carbonyl (C=O) groups excluding carboxylic acids is 1. The van der Waals surface area contributed by atoms with Gasteiger partial charge in [-0.3, -0.25) is 9.78 Å². The fourth-order valence-corrected chi connectivity index (χ4v) is 1.56. The SMILES string of the molecule is CCCNC(=O)/C(C#N)=C/c1c(F)cncc1N(C)C. The summed E-state index contributed by atoms with van der Waals surface area (Å²) in [4.78, 5) is 17.2. The number of halogens is 1. The van der Waals surface area contributed by atoms with Crippen molar-refractivity contribution < 1.29 is 9.18 Å². The third-order valence-electron chi connectivity index (χ3n) is 2.59. The van der Waals surface area contributed by atoms with Gasteiger partial charge in [-0.25, -0.2) is 4.39 Å². The molecule has 0 aliphatic rings. The molecular formula is C14H17FN4O. The van der Waals surface area contributed by atoms with Crippen molar-refractivity contribution in [3.63, 3.8) is 0 Å². The van der Waals surface area contributed by atoms with Crippen molar-refractivity contribution in [2.75, 3.05) is 25.5 Å². The van der Waals surface area contributed by atoms with Crippen molar-refractivity contribution in [1.29, 1.82) is 5.26 Å². The summed E-state index contributed by atoms with van der Waals surface area (Å²) in [5, 5.41) is 11.6. The smallest absolute Gasteiger partial charge is 0.261 e. The lowest BCUT2D eigenvalue weighted by Crippen LogP contribution is -2.25. The Balaban J connectivity index is 3.20. The average molecular weight is 276 g/mol. The number of hydrogen-bond acceptors (Lipinski definition) is 4. The molecule has 1 aromatic rings. The van der Waals surface area contributed by atoms with Gasteiger partial charge in [0.1, 0.15) is 11.6 Å². The Morgan fingerprint density at radius 1 is 1.55 bits per heavy atom. The van der Waals surface area contributed by atoms with E-state index < -0.39 is 11.7 Å². The Kier molecular flexibility index (Phi) is 5.66. The molecule has 0 spiro atoms. The van der Waals surface area contributed by atoms with Gasteiger partial charge in [-0.1, -0.05) is 6.92 Å². The molecule has 0 aliphatic carbocycles. The van der Waals surface area contributed by atoms with Crippen molar-refractivity contribution in [2.45, 2.75) is 13.3 Å². The Bertz CT molecular complexity index is 561. The highest BCUT2D eigenvalue weighted by Gasteiger charge is 2.13. The minimum atomic E-state index is -0.577. The summed E-state index contributed by atoms with van der Waals surface area (Å²) in [6, 6.07) is 1.80. The van der Waals surface area contributed by atoms with Gasteiger partial charge in [-0.05, 0) is 12.5 Å². The molecule has 0 fully saturated rings. The summed E-state index contributed by atoms with van der Waals surface area (Å²) in [6.45, 7) is 2.37. The van der Waals surface area contributed by atoms with E-state index in [-0.39, 0.29) is 11.1 Å². The first kappa shape index (κ1) is 15.6. The Morgan fingerprint density at radius 2 is 2.25 bits per heavy atom. The van der Waals surface area contributed by atoms with E-state index in [0.29, 0.717) is 12.2 Å². The summed E-state index contributed by atoms with van der Waals surface area (Å²) < 4.78 is 13.8. The third kappa shape index (κ3) is 3.79. The second kappa shape index (κ2) is 7.24. The van der Waals surface area contributed by atoms with Crippen molar-refractivity contribution in [1.82, 2.24) is 10.3 Å². The Hall–Kier alpha value is -2.42. The second-order valence-electron chi connectivity index (χ2n) is 4.37. The van der Waals surface area contributed by atoms with Crippen LogP contribution >= 0.6 is 0 Å². The van der Waals surface area contributed by atoms with Crippen LogP contribution in [0.15, 0.2) is 18.0 Å². The molecule has 0 aromatic carbocycles. The quantitative estimate of drug-likeness (QED) is 0.656. The molecule has 1 heterocycles. The number of hydrogen-bond donors (Lipinski definition) is 1. The number of anilines is 1. The van der Waals surface area contributed by atoms with E-state index in [1.54, 1.807) is 25.1 Å². The molecule has 1 N–H and O–H groups in total. The zero-order valence-electron chi connectivity index (χ0n) is 11.8. The van der Waals surface area contributed by atoms with Crippen molar-refractivity contribution in [3.05, 3.63) is 29.3 Å². The van der Waals surface area contributed by atoms with Gasteiger partial charge in [0.05, 0.1) is 18.1 Å². The number of carbonyl (C=O) groups is 1. The fourth-order valence-electron chi connectivity index (χ4n) is 1.56. The molecule has 1 rings (SSSR count). The molecule has 106 valence electrons. The van der Waals surface area contributed by atoms with E-state index >= 15 is 0 Å². The molecular weight excluding hydrogens is 259 g/mol. The van der Waals surface area contributed by atoms with Crippen LogP contribution in [-0.4, -0.2) is 31.5 Å². The topological polar surface area (TPSA) is 69.0 Å². The van der Waals surface area contributed by atoms with Crippen LogP contribution in [-0.2, 0) is 4.79 Å². The lowest BCUT2D eigenvalue weighted by molar-refractivity contribution is -0.117. The van der Waals surface area contributed by atoms with Crippen LogP contribution in [0.3, 0.4) is 0 Å². The van der Waals surface area contributed by atoms with Crippen LogP contribution in [0.1, 0.15) is 18.9 Å². The predicted octanol–water partition coefficient (Wildman–Crippen LogP) is 1.72. The monoisotopic (exact) mass is 276 g/mol. The van der Waals surface area contributed by atoms with Gasteiger partial charge in [0.25, 0.3) is 5.91 Å². The van der Waals surface area contributed by atoms with Crippen LogP contribution in [0.4, 0.5) is 10.1 Å². The first-order valence-corrected chi connectivity index (χ1v) is 6.22. The minimum Gasteiger partial charge on any atom is -0.376 e. The molecule has 0 saturated carbocycles. The number of amides is 1. The average Bonchev–Trinajstić information content (AvgIpc) is 2.43. The number of aromatic nitrogens is 1. The molecule has 0 saturated heterocycles. The van der Waals surface area contributed by atoms with E-state index in [1.807, 2.05) is 6.92 Å². The van der Waals surface area contributed by atoms with Crippen LogP contribution in [0.2, 0.25) is 0 Å². The lowest BCUT2D eigenvalue weighted by atomic mass is 10.1. The lowest BCUT2D eigenvalue weighted by Gasteiger charge is -2.15. The van der Waals surface area contributed by atoms with Gasteiger partial charge in [0.15, 0.2) is 5.82 Å². The van der Waals surface area contributed by atoms with Gasteiger partial charge >= 0.3 is 0 Å². The van der Waals surface area contributed by atoms with E-state index in [4.69, 9.17) is 5.26 Å². The second-order valence-corrected chi connectivity index (χ2v) is 4.37. The maximum absolute atomic E-state index is 13.8. The van der Waals surface area contributed by atoms with Gasteiger partial charge in [0.2, 0.25) is 0 Å². The molecule has 0 atom stereocenters. The molecule has 5 nitrogen and oxygen atoms in total. The number of nitrogens with zero attached hydrogens (tertiary/aromatic N) is 3. The highest BCUT2D eigenvalue weighted by molar-refractivity contribution is 6.02. The molecule has 0 aliphatic heterocycles. The number of nitriles is 1. The van der Waals surface area contributed by atoms with E-state index in [1.165, 1.54) is 12.3 Å². The zero-order chi connectivity index (χ0) is 15.1. The van der Waals surface area contributed by atoms with Gasteiger partial charge < -0.3 is 10.2 Å². The van der Waals surface area contributed by atoms with Crippen molar-refractivity contribution in [3.8, 4) is 6.07 Å². The van der Waals surface area contributed by atoms with Gasteiger partial charge in [0, 0.05) is 26.2 Å². The molecule has 0 bridgehead atoms. The summed E-state index contributed by atoms with van der Waals surface area (Å²) in [5.41, 5.74) is 0.542. The largest absolute Gasteiger partial charge is 0.376 e. The number of nitrogens with one attached hydrogen (secondary N) is 1. The number of pyridine rings is 1. The summed E-state index contributed by atoms with van der Waals surface area (Å²) in [6.07, 6.45) is 4.54. The highest BCUT2D eigenvalue weighted by Crippen LogP contribution is 2.22. The van der Waals surface area contributed by atoms with Crippen molar-refractivity contribution in [2.24, 2.45) is 0 Å². The molecule has 1 amide bonds. The van der Waals surface area contributed by atoms with Crippen LogP contribution < -0.4 is 10.2 Å². The molecule has 6 heteroatoms. The Morgan fingerprint density at radius 3 is 2.80 bits per heavy atom. The Labute approximate surface area is 117 Å². The van der Waals surface area contributed by atoms with Crippen LogP contribution in [0.25, 0.3) is 6.08 Å². The predicted molar refractivity (Wildman–Crippen MR) is 75.4 cm³/mol. The highest BCUT2D eigenvalue weighted by atomic mass is 19.1. The first-order chi connectivity index (χ1) is 9.51. The normalized spacial score (nSPS) is 10.8. The van der Waals surface area contributed by atoms with E-state index in [9.17, 15) is 9.18 Å².